The molecule has 0 amide bonds. The van der Waals surface area contributed by atoms with Gasteiger partial charge in [0.2, 0.25) is 0 Å². The number of furan rings is 2. The van der Waals surface area contributed by atoms with Crippen LogP contribution in [0.5, 0.6) is 0 Å². The lowest BCUT2D eigenvalue weighted by atomic mass is 9.84. The maximum atomic E-state index is 6.95. The molecule has 2 nitrogen and oxygen atoms in total. The van der Waals surface area contributed by atoms with Crippen LogP contribution < -0.4 is 0 Å². The Balaban J connectivity index is 1.06. The van der Waals surface area contributed by atoms with Crippen molar-refractivity contribution in [3.8, 4) is 44.7 Å². The molecule has 13 rings (SSSR count). The number of hydrogen-bond acceptors (Lipinski definition) is 3. The average Bonchev–Trinajstić information content (AvgIpc) is 4.00. The molecular weight excluding hydrogens is 737 g/mol. The third kappa shape index (κ3) is 4.74. The van der Waals surface area contributed by atoms with E-state index in [1.54, 1.807) is 0 Å². The van der Waals surface area contributed by atoms with Crippen LogP contribution in [-0.4, -0.2) is 0 Å². The molecule has 0 atom stereocenters. The van der Waals surface area contributed by atoms with E-state index in [0.29, 0.717) is 0 Å². The van der Waals surface area contributed by atoms with Crippen molar-refractivity contribution in [1.82, 2.24) is 0 Å². The summed E-state index contributed by atoms with van der Waals surface area (Å²) in [4.78, 5) is 0. The van der Waals surface area contributed by atoms with Gasteiger partial charge >= 0.3 is 0 Å². The number of fused-ring (bicyclic) bond motifs is 12. The van der Waals surface area contributed by atoms with Gasteiger partial charge in [0.15, 0.2) is 5.58 Å². The molecular formula is C56H32O2S. The van der Waals surface area contributed by atoms with E-state index in [2.05, 4.69) is 188 Å². The first-order chi connectivity index (χ1) is 29.3. The fraction of sp³-hybridized carbons (Fsp3) is 0. The Morgan fingerprint density at radius 2 is 0.898 bits per heavy atom. The molecule has 274 valence electrons. The van der Waals surface area contributed by atoms with Crippen molar-refractivity contribution in [2.24, 2.45) is 0 Å². The molecule has 0 saturated carbocycles. The van der Waals surface area contributed by atoms with Gasteiger partial charge < -0.3 is 8.83 Å². The van der Waals surface area contributed by atoms with Crippen LogP contribution in [0.25, 0.3) is 130 Å². The highest BCUT2D eigenvalue weighted by atomic mass is 32.1. The summed E-state index contributed by atoms with van der Waals surface area (Å²) in [5.41, 5.74) is 11.0. The van der Waals surface area contributed by atoms with Crippen molar-refractivity contribution in [2.75, 3.05) is 0 Å². The normalized spacial score (nSPS) is 12.1. The van der Waals surface area contributed by atoms with Gasteiger partial charge in [0.1, 0.15) is 16.9 Å². The Morgan fingerprint density at radius 3 is 1.61 bits per heavy atom. The fourth-order valence-electron chi connectivity index (χ4n) is 9.75. The van der Waals surface area contributed by atoms with Crippen LogP contribution in [0, 0.1) is 0 Å². The lowest BCUT2D eigenvalue weighted by Gasteiger charge is -2.19. The lowest BCUT2D eigenvalue weighted by molar-refractivity contribution is 0.636. The molecule has 0 aliphatic carbocycles. The number of benzene rings is 10. The summed E-state index contributed by atoms with van der Waals surface area (Å²) in [5, 5.41) is 13.2. The number of rotatable bonds is 4. The summed E-state index contributed by atoms with van der Waals surface area (Å²) in [7, 11) is 0. The van der Waals surface area contributed by atoms with Gasteiger partial charge in [-0.3, -0.25) is 0 Å². The summed E-state index contributed by atoms with van der Waals surface area (Å²) >= 11 is 1.82. The van der Waals surface area contributed by atoms with Gasteiger partial charge in [-0.2, -0.15) is 0 Å². The van der Waals surface area contributed by atoms with Gasteiger partial charge in [-0.15, -0.1) is 11.3 Å². The van der Waals surface area contributed by atoms with Gasteiger partial charge in [0.05, 0.1) is 4.70 Å². The second-order valence-corrected chi connectivity index (χ2v) is 16.5. The Labute approximate surface area is 342 Å². The van der Waals surface area contributed by atoms with Crippen LogP contribution >= 0.6 is 11.3 Å². The average molecular weight is 769 g/mol. The highest BCUT2D eigenvalue weighted by Crippen LogP contribution is 2.50. The highest BCUT2D eigenvalue weighted by molar-refractivity contribution is 7.26. The summed E-state index contributed by atoms with van der Waals surface area (Å²) in [5.74, 6) is 0.905. The first-order valence-electron chi connectivity index (χ1n) is 20.1. The molecule has 0 spiro atoms. The smallest absolute Gasteiger partial charge is 0.153 e. The van der Waals surface area contributed by atoms with E-state index in [0.717, 1.165) is 50.0 Å². The molecule has 0 aliphatic rings. The largest absolute Gasteiger partial charge is 0.456 e. The predicted octanol–water partition coefficient (Wildman–Crippen LogP) is 16.8. The zero-order valence-corrected chi connectivity index (χ0v) is 32.5. The van der Waals surface area contributed by atoms with E-state index < -0.39 is 0 Å². The predicted molar refractivity (Wildman–Crippen MR) is 251 cm³/mol. The third-order valence-electron chi connectivity index (χ3n) is 12.3. The molecule has 0 N–H and O–H groups in total. The van der Waals surface area contributed by atoms with E-state index in [4.69, 9.17) is 8.83 Å². The molecule has 3 aromatic heterocycles. The molecule has 13 aromatic rings. The van der Waals surface area contributed by atoms with Crippen molar-refractivity contribution in [3.05, 3.63) is 194 Å². The maximum absolute atomic E-state index is 6.95. The summed E-state index contributed by atoms with van der Waals surface area (Å²) in [6.45, 7) is 0. The van der Waals surface area contributed by atoms with Gasteiger partial charge in [-0.05, 0) is 90.5 Å². The summed E-state index contributed by atoms with van der Waals surface area (Å²) in [6, 6.07) is 70.0. The minimum Gasteiger partial charge on any atom is -0.456 e. The Hall–Kier alpha value is -7.46. The Kier molecular flexibility index (Phi) is 6.92. The molecule has 3 heterocycles. The first kappa shape index (κ1) is 32.6. The van der Waals surface area contributed by atoms with Gasteiger partial charge in [0.25, 0.3) is 0 Å². The minimum absolute atomic E-state index is 0.905. The first-order valence-corrected chi connectivity index (χ1v) is 20.9. The second-order valence-electron chi connectivity index (χ2n) is 15.5. The molecule has 0 radical (unpaired) electrons. The second kappa shape index (κ2) is 12.5. The molecule has 0 bridgehead atoms. The van der Waals surface area contributed by atoms with Crippen LogP contribution in [0.3, 0.4) is 0 Å². The summed E-state index contributed by atoms with van der Waals surface area (Å²) in [6.07, 6.45) is 0. The van der Waals surface area contributed by atoms with Crippen LogP contribution in [0.4, 0.5) is 0 Å². The molecule has 0 aliphatic heterocycles. The zero-order chi connectivity index (χ0) is 38.6. The van der Waals surface area contributed by atoms with Crippen molar-refractivity contribution in [2.45, 2.75) is 0 Å². The van der Waals surface area contributed by atoms with Crippen molar-refractivity contribution < 1.29 is 8.83 Å². The van der Waals surface area contributed by atoms with E-state index in [9.17, 15) is 0 Å². The standard InChI is InChI=1S/C56H32O2S/c1-3-15-33(16-4-1)51-44-29-28-42-45-31-35(27-30-49(45)59-56(42)55(44)58-54(51)34-17-5-2-6-18-34)50-38-21-9-11-23-40(38)52(41-24-12-10-22-39(41)50)46-32-48-53(37-20-8-7-19-36(37)46)43-25-13-14-26-47(43)57-48/h1-32H. The molecule has 0 unspecified atom stereocenters. The van der Waals surface area contributed by atoms with Crippen LogP contribution in [0.2, 0.25) is 0 Å². The van der Waals surface area contributed by atoms with Crippen molar-refractivity contribution in [1.29, 1.82) is 0 Å². The Bertz CT molecular complexity index is 3770. The van der Waals surface area contributed by atoms with E-state index in [1.807, 2.05) is 17.4 Å². The van der Waals surface area contributed by atoms with Gasteiger partial charge in [-0.1, -0.05) is 164 Å². The third-order valence-corrected chi connectivity index (χ3v) is 13.5. The molecule has 0 fully saturated rings. The molecule has 0 saturated heterocycles. The quantitative estimate of drug-likeness (QED) is 0.167. The lowest BCUT2D eigenvalue weighted by Crippen LogP contribution is -1.92. The molecule has 3 heteroatoms. The Morgan fingerprint density at radius 1 is 0.322 bits per heavy atom. The topological polar surface area (TPSA) is 26.3 Å². The monoisotopic (exact) mass is 768 g/mol. The highest BCUT2D eigenvalue weighted by Gasteiger charge is 2.24. The van der Waals surface area contributed by atoms with Crippen LogP contribution in [0.1, 0.15) is 0 Å². The molecule has 59 heavy (non-hydrogen) atoms. The number of thiophene rings is 1. The van der Waals surface area contributed by atoms with E-state index in [-0.39, 0.29) is 0 Å². The van der Waals surface area contributed by atoms with Gasteiger partial charge in [0, 0.05) is 42.8 Å². The van der Waals surface area contributed by atoms with Crippen molar-refractivity contribution >= 4 is 96.7 Å². The summed E-state index contributed by atoms with van der Waals surface area (Å²) < 4.78 is 15.9. The minimum atomic E-state index is 0.905. The van der Waals surface area contributed by atoms with E-state index in [1.165, 1.54) is 80.1 Å². The molecule has 10 aromatic carbocycles. The SMILES string of the molecule is c1ccc(-c2oc3c(ccc4c5cc(-c6c7ccccc7c(-c7cc8oc9ccccc9c8c8ccccc78)c7ccccc67)ccc5sc43)c2-c2ccccc2)cc1. The van der Waals surface area contributed by atoms with E-state index >= 15 is 0 Å². The zero-order valence-electron chi connectivity index (χ0n) is 31.7. The number of para-hydroxylation sites is 1. The van der Waals surface area contributed by atoms with Crippen LogP contribution in [-0.2, 0) is 0 Å². The van der Waals surface area contributed by atoms with Crippen molar-refractivity contribution in [3.63, 3.8) is 0 Å². The number of hydrogen-bond donors (Lipinski definition) is 0. The van der Waals surface area contributed by atoms with Crippen LogP contribution in [0.15, 0.2) is 203 Å². The fourth-order valence-corrected chi connectivity index (χ4v) is 10.9. The maximum Gasteiger partial charge on any atom is 0.153 e. The van der Waals surface area contributed by atoms with Gasteiger partial charge in [-0.25, -0.2) is 0 Å².